The predicted octanol–water partition coefficient (Wildman–Crippen LogP) is 2.89. The summed E-state index contributed by atoms with van der Waals surface area (Å²) in [5.74, 6) is 0.990. The van der Waals surface area contributed by atoms with Crippen LogP contribution in [0.2, 0.25) is 0 Å². The molecular formula is C13H17F2NO2. The van der Waals surface area contributed by atoms with Gasteiger partial charge in [0, 0.05) is 24.1 Å². The van der Waals surface area contributed by atoms with Gasteiger partial charge in [0.1, 0.15) is 23.7 Å². The van der Waals surface area contributed by atoms with Crippen molar-refractivity contribution in [3.8, 4) is 11.5 Å². The second-order valence-corrected chi connectivity index (χ2v) is 5.07. The van der Waals surface area contributed by atoms with E-state index in [1.54, 1.807) is 18.2 Å². The molecular weight excluding hydrogens is 240 g/mol. The number of nitrogens with two attached hydrogens (primary N) is 1. The van der Waals surface area contributed by atoms with Crippen molar-refractivity contribution >= 4 is 0 Å². The van der Waals surface area contributed by atoms with Crippen molar-refractivity contribution in [3.05, 3.63) is 23.8 Å². The maximum Gasteiger partial charge on any atom is 0.272 e. The van der Waals surface area contributed by atoms with E-state index >= 15 is 0 Å². The summed E-state index contributed by atoms with van der Waals surface area (Å²) in [5.41, 5.74) is 6.59. The van der Waals surface area contributed by atoms with E-state index in [1.807, 2.05) is 13.8 Å². The Hall–Kier alpha value is -1.36. The van der Waals surface area contributed by atoms with Crippen molar-refractivity contribution in [2.45, 2.75) is 38.3 Å². The number of rotatable bonds is 3. The standard InChI is InChI=1S/C13H17F2NO2/c1-13(2)6-10(16)9-4-3-8(5-11(9)18-13)17-7-12(14)15/h3-5,10,12H,6-7,16H2,1-2H3. The molecule has 1 aromatic rings. The molecule has 2 rings (SSSR count). The third kappa shape index (κ3) is 2.90. The second-order valence-electron chi connectivity index (χ2n) is 5.07. The Balaban J connectivity index is 2.20. The van der Waals surface area contributed by atoms with Gasteiger partial charge < -0.3 is 15.2 Å². The van der Waals surface area contributed by atoms with Gasteiger partial charge >= 0.3 is 0 Å². The van der Waals surface area contributed by atoms with E-state index in [1.165, 1.54) is 0 Å². The minimum atomic E-state index is -2.49. The molecule has 3 nitrogen and oxygen atoms in total. The third-order valence-corrected chi connectivity index (χ3v) is 2.86. The van der Waals surface area contributed by atoms with Crippen molar-refractivity contribution in [3.63, 3.8) is 0 Å². The first-order chi connectivity index (χ1) is 8.37. The molecule has 0 bridgehead atoms. The Morgan fingerprint density at radius 2 is 2.22 bits per heavy atom. The summed E-state index contributed by atoms with van der Waals surface area (Å²) >= 11 is 0. The molecule has 18 heavy (non-hydrogen) atoms. The van der Waals surface area contributed by atoms with Gasteiger partial charge in [0.25, 0.3) is 6.43 Å². The van der Waals surface area contributed by atoms with E-state index in [9.17, 15) is 8.78 Å². The fourth-order valence-electron chi connectivity index (χ4n) is 2.14. The minimum Gasteiger partial charge on any atom is -0.488 e. The Bertz CT molecular complexity index is 435. The van der Waals surface area contributed by atoms with Crippen molar-refractivity contribution in [1.29, 1.82) is 0 Å². The molecule has 1 aliphatic rings. The van der Waals surface area contributed by atoms with Crippen LogP contribution < -0.4 is 15.2 Å². The number of hydrogen-bond donors (Lipinski definition) is 1. The monoisotopic (exact) mass is 257 g/mol. The molecule has 0 radical (unpaired) electrons. The molecule has 1 unspecified atom stereocenters. The quantitative estimate of drug-likeness (QED) is 0.905. The van der Waals surface area contributed by atoms with Gasteiger partial charge in [-0.25, -0.2) is 8.78 Å². The zero-order valence-corrected chi connectivity index (χ0v) is 10.5. The van der Waals surface area contributed by atoms with Gasteiger partial charge in [-0.15, -0.1) is 0 Å². The van der Waals surface area contributed by atoms with Crippen LogP contribution in [0.4, 0.5) is 8.78 Å². The average molecular weight is 257 g/mol. The maximum atomic E-state index is 12.1. The Morgan fingerprint density at radius 3 is 2.89 bits per heavy atom. The van der Waals surface area contributed by atoms with Crippen molar-refractivity contribution in [2.75, 3.05) is 6.61 Å². The summed E-state index contributed by atoms with van der Waals surface area (Å²) < 4.78 is 34.9. The molecule has 0 aliphatic carbocycles. The van der Waals surface area contributed by atoms with E-state index in [2.05, 4.69) is 0 Å². The highest BCUT2D eigenvalue weighted by Gasteiger charge is 2.31. The van der Waals surface area contributed by atoms with E-state index < -0.39 is 13.0 Å². The van der Waals surface area contributed by atoms with E-state index in [-0.39, 0.29) is 11.6 Å². The van der Waals surface area contributed by atoms with E-state index in [0.29, 0.717) is 11.5 Å². The third-order valence-electron chi connectivity index (χ3n) is 2.86. The first-order valence-electron chi connectivity index (χ1n) is 5.87. The van der Waals surface area contributed by atoms with Crippen molar-refractivity contribution < 1.29 is 18.3 Å². The topological polar surface area (TPSA) is 44.5 Å². The largest absolute Gasteiger partial charge is 0.488 e. The highest BCUT2D eigenvalue weighted by atomic mass is 19.3. The van der Waals surface area contributed by atoms with Gasteiger partial charge in [-0.3, -0.25) is 0 Å². The molecule has 0 saturated carbocycles. The number of fused-ring (bicyclic) bond motifs is 1. The Morgan fingerprint density at radius 1 is 1.50 bits per heavy atom. The maximum absolute atomic E-state index is 12.1. The molecule has 2 N–H and O–H groups in total. The zero-order valence-electron chi connectivity index (χ0n) is 10.5. The van der Waals surface area contributed by atoms with Crippen molar-refractivity contribution in [1.82, 2.24) is 0 Å². The first kappa shape index (κ1) is 13.1. The lowest BCUT2D eigenvalue weighted by Crippen LogP contribution is -2.37. The molecule has 5 heteroatoms. The van der Waals surface area contributed by atoms with Crippen LogP contribution in [0.5, 0.6) is 11.5 Å². The minimum absolute atomic E-state index is 0.104. The van der Waals surface area contributed by atoms with Gasteiger partial charge in [-0.1, -0.05) is 6.07 Å². The molecule has 1 heterocycles. The van der Waals surface area contributed by atoms with E-state index in [4.69, 9.17) is 15.2 Å². The molecule has 100 valence electrons. The summed E-state index contributed by atoms with van der Waals surface area (Å²) in [7, 11) is 0. The fraction of sp³-hybridized carbons (Fsp3) is 0.538. The summed E-state index contributed by atoms with van der Waals surface area (Å²) in [4.78, 5) is 0. The van der Waals surface area contributed by atoms with Gasteiger partial charge in [0.05, 0.1) is 0 Å². The lowest BCUT2D eigenvalue weighted by atomic mass is 9.90. The highest BCUT2D eigenvalue weighted by molar-refractivity contribution is 5.44. The van der Waals surface area contributed by atoms with Crippen LogP contribution in [-0.2, 0) is 0 Å². The molecule has 1 aromatic carbocycles. The van der Waals surface area contributed by atoms with Crippen LogP contribution in [0.15, 0.2) is 18.2 Å². The van der Waals surface area contributed by atoms with Crippen LogP contribution in [0.3, 0.4) is 0 Å². The zero-order chi connectivity index (χ0) is 13.3. The van der Waals surface area contributed by atoms with Crippen LogP contribution in [0, 0.1) is 0 Å². The summed E-state index contributed by atoms with van der Waals surface area (Å²) in [6, 6.07) is 4.94. The number of benzene rings is 1. The molecule has 0 amide bonds. The molecule has 1 aliphatic heterocycles. The fourth-order valence-corrected chi connectivity index (χ4v) is 2.14. The lowest BCUT2D eigenvalue weighted by molar-refractivity contribution is 0.0694. The molecule has 1 atom stereocenters. The summed E-state index contributed by atoms with van der Waals surface area (Å²) in [5, 5.41) is 0. The average Bonchev–Trinajstić information content (AvgIpc) is 2.24. The summed E-state index contributed by atoms with van der Waals surface area (Å²) in [6.07, 6.45) is -1.77. The van der Waals surface area contributed by atoms with Crippen LogP contribution in [0.1, 0.15) is 31.9 Å². The number of halogens is 2. The second kappa shape index (κ2) is 4.72. The Labute approximate surface area is 105 Å². The normalized spacial score (nSPS) is 21.3. The van der Waals surface area contributed by atoms with Gasteiger partial charge in [0.15, 0.2) is 0 Å². The first-order valence-corrected chi connectivity index (χ1v) is 5.87. The number of ether oxygens (including phenoxy) is 2. The van der Waals surface area contributed by atoms with Gasteiger partial charge in [0.2, 0.25) is 0 Å². The van der Waals surface area contributed by atoms with Gasteiger partial charge in [-0.2, -0.15) is 0 Å². The van der Waals surface area contributed by atoms with Crippen molar-refractivity contribution in [2.24, 2.45) is 5.73 Å². The molecule has 0 spiro atoms. The molecule has 0 fully saturated rings. The Kier molecular flexibility index (Phi) is 3.43. The van der Waals surface area contributed by atoms with Crippen LogP contribution in [0.25, 0.3) is 0 Å². The SMILES string of the molecule is CC1(C)CC(N)c2ccc(OCC(F)F)cc2O1. The summed E-state index contributed by atoms with van der Waals surface area (Å²) in [6.45, 7) is 3.28. The van der Waals surface area contributed by atoms with Crippen LogP contribution in [-0.4, -0.2) is 18.6 Å². The molecule has 0 aromatic heterocycles. The van der Waals surface area contributed by atoms with Gasteiger partial charge in [-0.05, 0) is 19.9 Å². The number of alkyl halides is 2. The lowest BCUT2D eigenvalue weighted by Gasteiger charge is -2.36. The van der Waals surface area contributed by atoms with Crippen LogP contribution >= 0.6 is 0 Å². The van der Waals surface area contributed by atoms with E-state index in [0.717, 1.165) is 12.0 Å². The smallest absolute Gasteiger partial charge is 0.272 e. The number of hydrogen-bond acceptors (Lipinski definition) is 3. The molecule has 0 saturated heterocycles. The highest BCUT2D eigenvalue weighted by Crippen LogP contribution is 2.39. The predicted molar refractivity (Wildman–Crippen MR) is 64.2 cm³/mol.